The zero-order valence-corrected chi connectivity index (χ0v) is 24.0. The number of aromatic nitrogens is 5. The van der Waals surface area contributed by atoms with Crippen LogP contribution in [-0.4, -0.2) is 53.7 Å². The van der Waals surface area contributed by atoms with E-state index in [2.05, 4.69) is 20.3 Å². The van der Waals surface area contributed by atoms with E-state index < -0.39 is 11.5 Å². The number of amides is 1. The Morgan fingerprint density at radius 1 is 0.977 bits per heavy atom. The molecule has 8 rings (SSSR count). The maximum absolute atomic E-state index is 15.0. The minimum atomic E-state index is -1.15. The number of aryl methyl sites for hydroxylation is 2. The second kappa shape index (κ2) is 9.57. The molecular weight excluding hydrogens is 538 g/mol. The molecule has 4 unspecified atom stereocenters. The Balaban J connectivity index is 1.43. The third kappa shape index (κ3) is 3.58. The fourth-order valence-electron chi connectivity index (χ4n) is 7.94. The highest BCUT2D eigenvalue weighted by Gasteiger charge is 2.70. The fraction of sp³-hybridized carbons (Fsp3) is 0.265. The van der Waals surface area contributed by atoms with Crippen molar-refractivity contribution in [2.45, 2.75) is 44.2 Å². The average Bonchev–Trinajstić information content (AvgIpc) is 3.84. The highest BCUT2D eigenvalue weighted by Crippen LogP contribution is 2.62. The molecule has 2 saturated heterocycles. The number of rotatable bonds is 5. The molecule has 9 heteroatoms. The van der Waals surface area contributed by atoms with Gasteiger partial charge in [0.15, 0.2) is 11.6 Å². The molecule has 214 valence electrons. The lowest BCUT2D eigenvalue weighted by atomic mass is 9.68. The first-order chi connectivity index (χ1) is 21.0. The Kier molecular flexibility index (Phi) is 5.74. The first-order valence-electron chi connectivity index (χ1n) is 14.8. The van der Waals surface area contributed by atoms with E-state index in [4.69, 9.17) is 5.10 Å². The lowest BCUT2D eigenvalue weighted by Gasteiger charge is -2.37. The summed E-state index contributed by atoms with van der Waals surface area (Å²) < 4.78 is 3.63. The van der Waals surface area contributed by atoms with Crippen LogP contribution in [0.4, 0.5) is 5.69 Å². The van der Waals surface area contributed by atoms with Crippen molar-refractivity contribution in [1.82, 2.24) is 29.4 Å². The van der Waals surface area contributed by atoms with Gasteiger partial charge in [0.2, 0.25) is 5.91 Å². The molecule has 1 spiro atoms. The van der Waals surface area contributed by atoms with Gasteiger partial charge in [-0.2, -0.15) is 10.2 Å². The van der Waals surface area contributed by atoms with Crippen LogP contribution in [0, 0.1) is 19.8 Å². The van der Waals surface area contributed by atoms with E-state index in [1.807, 2.05) is 97.4 Å². The van der Waals surface area contributed by atoms with E-state index in [-0.39, 0.29) is 23.7 Å². The van der Waals surface area contributed by atoms with Gasteiger partial charge in [0.1, 0.15) is 18.2 Å². The maximum atomic E-state index is 15.0. The van der Waals surface area contributed by atoms with Crippen molar-refractivity contribution in [1.29, 1.82) is 0 Å². The van der Waals surface area contributed by atoms with Crippen LogP contribution in [0.15, 0.2) is 91.5 Å². The molecule has 0 saturated carbocycles. The lowest BCUT2D eigenvalue weighted by Crippen LogP contribution is -2.52. The number of carbonyl (C=O) groups is 2. The van der Waals surface area contributed by atoms with E-state index >= 15 is 4.79 Å². The summed E-state index contributed by atoms with van der Waals surface area (Å²) in [6.07, 6.45) is 4.99. The van der Waals surface area contributed by atoms with Gasteiger partial charge >= 0.3 is 0 Å². The molecule has 9 nitrogen and oxygen atoms in total. The zero-order valence-electron chi connectivity index (χ0n) is 24.0. The molecule has 43 heavy (non-hydrogen) atoms. The second-order valence-corrected chi connectivity index (χ2v) is 11.8. The molecule has 1 N–H and O–H groups in total. The molecule has 2 fully saturated rings. The van der Waals surface area contributed by atoms with Crippen LogP contribution in [-0.2, 0) is 10.3 Å². The maximum Gasteiger partial charge on any atom is 0.250 e. The van der Waals surface area contributed by atoms with Crippen molar-refractivity contribution >= 4 is 17.4 Å². The Morgan fingerprint density at radius 2 is 1.74 bits per heavy atom. The highest BCUT2D eigenvalue weighted by atomic mass is 16.2. The Bertz CT molecular complexity index is 1860. The molecule has 3 aliphatic heterocycles. The minimum absolute atomic E-state index is 0.0392. The van der Waals surface area contributed by atoms with E-state index in [0.29, 0.717) is 5.56 Å². The molecule has 0 aliphatic carbocycles. The van der Waals surface area contributed by atoms with Crippen LogP contribution in [0.5, 0.6) is 0 Å². The van der Waals surface area contributed by atoms with E-state index in [1.54, 1.807) is 11.0 Å². The van der Waals surface area contributed by atoms with Gasteiger partial charge in [-0.1, -0.05) is 66.2 Å². The summed E-state index contributed by atoms with van der Waals surface area (Å²) in [6.45, 7) is 4.73. The number of nitrogens with zero attached hydrogens (tertiary/aromatic N) is 6. The fourth-order valence-corrected chi connectivity index (χ4v) is 7.94. The Labute approximate surface area is 249 Å². The van der Waals surface area contributed by atoms with Gasteiger partial charge in [0.25, 0.3) is 0 Å². The third-order valence-corrected chi connectivity index (χ3v) is 9.58. The number of nitrogens with one attached hydrogen (secondary N) is 1. The normalized spacial score (nSPS) is 24.3. The van der Waals surface area contributed by atoms with Crippen molar-refractivity contribution in [2.24, 2.45) is 5.92 Å². The van der Waals surface area contributed by atoms with E-state index in [1.165, 1.54) is 6.33 Å². The monoisotopic (exact) mass is 569 g/mol. The summed E-state index contributed by atoms with van der Waals surface area (Å²) in [5, 5.41) is 12.8. The van der Waals surface area contributed by atoms with Crippen LogP contribution >= 0.6 is 0 Å². The van der Waals surface area contributed by atoms with Crippen LogP contribution < -0.4 is 5.32 Å². The summed E-state index contributed by atoms with van der Waals surface area (Å²) in [6, 6.07) is 25.4. The molecule has 2 aromatic heterocycles. The quantitative estimate of drug-likeness (QED) is 0.300. The number of fused-ring (bicyclic) bond motifs is 4. The first-order valence-corrected chi connectivity index (χ1v) is 14.8. The van der Waals surface area contributed by atoms with E-state index in [9.17, 15) is 4.79 Å². The summed E-state index contributed by atoms with van der Waals surface area (Å²) in [5.74, 6) is -0.460. The average molecular weight is 570 g/mol. The van der Waals surface area contributed by atoms with E-state index in [0.717, 1.165) is 59.0 Å². The van der Waals surface area contributed by atoms with Crippen LogP contribution in [0.25, 0.3) is 11.5 Å². The predicted molar refractivity (Wildman–Crippen MR) is 161 cm³/mol. The summed E-state index contributed by atoms with van der Waals surface area (Å²) >= 11 is 0. The van der Waals surface area contributed by atoms with Gasteiger partial charge in [0, 0.05) is 34.3 Å². The van der Waals surface area contributed by atoms with Gasteiger partial charge in [-0.3, -0.25) is 14.5 Å². The molecule has 0 bridgehead atoms. The third-order valence-electron chi connectivity index (χ3n) is 9.58. The number of benzene rings is 3. The molecule has 1 amide bonds. The smallest absolute Gasteiger partial charge is 0.250 e. The van der Waals surface area contributed by atoms with Gasteiger partial charge in [-0.25, -0.2) is 14.3 Å². The number of Topliss-reactive ketones (excluding diaryl/α,β-unsaturated/α-hetero) is 1. The Morgan fingerprint density at radius 3 is 2.51 bits per heavy atom. The first kappa shape index (κ1) is 25.8. The number of ketones is 1. The summed E-state index contributed by atoms with van der Waals surface area (Å²) in [7, 11) is 0. The standard InChI is InChI=1S/C34H31N7O2/c1-21-14-16-23(17-15-21)31(42)30-29(27-13-8-18-39(27)34(30)25-11-6-7-12-26(25)37-33(34)43)28-22(2)38-41(24-9-4-3-5-10-24)32(28)40-20-35-19-36-40/h3-7,9-12,14-17,19-20,27,29-30H,8,13,18H2,1-2H3,(H,37,43). The SMILES string of the molecule is Cc1ccc(C(=O)C2C(c3c(C)nn(-c4ccccc4)c3-n3cncn3)C3CCCN3C23C(=O)Nc2ccccc23)cc1. The topological polar surface area (TPSA) is 97.9 Å². The zero-order chi connectivity index (χ0) is 29.3. The van der Waals surface area contributed by atoms with Crippen molar-refractivity contribution < 1.29 is 9.59 Å². The Hall–Kier alpha value is -4.89. The lowest BCUT2D eigenvalue weighted by molar-refractivity contribution is -0.127. The molecule has 5 aromatic rings. The van der Waals surface area contributed by atoms with Crippen LogP contribution in [0.3, 0.4) is 0 Å². The van der Waals surface area contributed by atoms with Gasteiger partial charge in [-0.05, 0) is 51.4 Å². The largest absolute Gasteiger partial charge is 0.324 e. The molecule has 4 atom stereocenters. The molecular formula is C34H31N7O2. The molecule has 3 aliphatic rings. The van der Waals surface area contributed by atoms with Gasteiger partial charge in [-0.15, -0.1) is 0 Å². The number of hydrogen-bond donors (Lipinski definition) is 1. The van der Waals surface area contributed by atoms with Crippen LogP contribution in [0.2, 0.25) is 0 Å². The van der Waals surface area contributed by atoms with Crippen molar-refractivity contribution in [2.75, 3.05) is 11.9 Å². The number of carbonyl (C=O) groups excluding carboxylic acids is 2. The minimum Gasteiger partial charge on any atom is -0.324 e. The molecule has 3 aromatic carbocycles. The van der Waals surface area contributed by atoms with Gasteiger partial charge in [0.05, 0.1) is 17.3 Å². The second-order valence-electron chi connectivity index (χ2n) is 11.8. The highest BCUT2D eigenvalue weighted by molar-refractivity contribution is 6.12. The molecule has 5 heterocycles. The van der Waals surface area contributed by atoms with Crippen molar-refractivity contribution in [3.63, 3.8) is 0 Å². The van der Waals surface area contributed by atoms with Crippen LogP contribution in [0.1, 0.15) is 51.5 Å². The number of anilines is 1. The van der Waals surface area contributed by atoms with Gasteiger partial charge < -0.3 is 5.32 Å². The predicted octanol–water partition coefficient (Wildman–Crippen LogP) is 4.98. The number of hydrogen-bond acceptors (Lipinski definition) is 6. The summed E-state index contributed by atoms with van der Waals surface area (Å²) in [4.78, 5) is 36.0. The molecule has 0 radical (unpaired) electrons. The number of para-hydroxylation sites is 2. The van der Waals surface area contributed by atoms with Crippen molar-refractivity contribution in [3.8, 4) is 11.5 Å². The summed E-state index contributed by atoms with van der Waals surface area (Å²) in [5.41, 5.74) is 4.78. The van der Waals surface area contributed by atoms with Crippen molar-refractivity contribution in [3.05, 3.63) is 119 Å².